The first-order valence-corrected chi connectivity index (χ1v) is 8.96. The van der Waals surface area contributed by atoms with Crippen LogP contribution in [-0.4, -0.2) is 35.8 Å². The number of hydrogen-bond donors (Lipinski definition) is 2. The summed E-state index contributed by atoms with van der Waals surface area (Å²) in [6.07, 6.45) is 0.555. The zero-order chi connectivity index (χ0) is 18.5. The van der Waals surface area contributed by atoms with Crippen LogP contribution in [0.25, 0.3) is 0 Å². The molecule has 5 nitrogen and oxygen atoms in total. The van der Waals surface area contributed by atoms with E-state index in [1.807, 2.05) is 47.4 Å². The number of rotatable bonds is 6. The van der Waals surface area contributed by atoms with Gasteiger partial charge in [0.25, 0.3) is 0 Å². The smallest absolute Gasteiger partial charge is 0.235 e. The molecular formula is C21H25N3O2. The van der Waals surface area contributed by atoms with Crippen LogP contribution in [0.5, 0.6) is 0 Å². The van der Waals surface area contributed by atoms with Crippen molar-refractivity contribution in [3.63, 3.8) is 0 Å². The summed E-state index contributed by atoms with van der Waals surface area (Å²) >= 11 is 0. The Morgan fingerprint density at radius 3 is 2.46 bits per heavy atom. The maximum Gasteiger partial charge on any atom is 0.235 e. The molecule has 136 valence electrons. The Bertz CT molecular complexity index is 776. The molecule has 0 radical (unpaired) electrons. The van der Waals surface area contributed by atoms with Gasteiger partial charge in [-0.2, -0.15) is 0 Å². The van der Waals surface area contributed by atoms with Crippen LogP contribution in [0.15, 0.2) is 54.6 Å². The highest BCUT2D eigenvalue weighted by Gasteiger charge is 2.31. The number of nitrogens with two attached hydrogens (primary N) is 1. The summed E-state index contributed by atoms with van der Waals surface area (Å²) in [6, 6.07) is 17.6. The van der Waals surface area contributed by atoms with Gasteiger partial charge in [0.15, 0.2) is 0 Å². The molecule has 0 bridgehead atoms. The first-order valence-electron chi connectivity index (χ1n) is 8.96. The molecule has 5 heteroatoms. The molecule has 0 saturated heterocycles. The third-order valence-corrected chi connectivity index (χ3v) is 5.00. The molecule has 3 rings (SSSR count). The van der Waals surface area contributed by atoms with Gasteiger partial charge in [0.2, 0.25) is 11.8 Å². The molecule has 0 saturated carbocycles. The lowest BCUT2D eigenvalue weighted by Crippen LogP contribution is -2.51. The van der Waals surface area contributed by atoms with Crippen molar-refractivity contribution < 1.29 is 9.59 Å². The summed E-state index contributed by atoms with van der Waals surface area (Å²) in [7, 11) is 0. The van der Waals surface area contributed by atoms with E-state index in [4.69, 9.17) is 5.73 Å². The second-order valence-corrected chi connectivity index (χ2v) is 6.91. The fourth-order valence-electron chi connectivity index (χ4n) is 3.43. The third kappa shape index (κ3) is 4.29. The predicted octanol–water partition coefficient (Wildman–Crippen LogP) is 1.82. The van der Waals surface area contributed by atoms with Crippen LogP contribution in [-0.2, 0) is 22.6 Å². The zero-order valence-corrected chi connectivity index (χ0v) is 15.0. The molecule has 1 aliphatic rings. The molecular weight excluding hydrogens is 326 g/mol. The molecule has 0 unspecified atom stereocenters. The molecule has 2 aromatic carbocycles. The lowest BCUT2D eigenvalue weighted by molar-refractivity contribution is -0.127. The Hall–Kier alpha value is -2.66. The highest BCUT2D eigenvalue weighted by Crippen LogP contribution is 2.23. The number of nitrogens with zero attached hydrogens (tertiary/aromatic N) is 1. The summed E-state index contributed by atoms with van der Waals surface area (Å²) in [6.45, 7) is 3.38. The van der Waals surface area contributed by atoms with Crippen LogP contribution in [0.1, 0.15) is 29.5 Å². The molecule has 2 amide bonds. The van der Waals surface area contributed by atoms with Gasteiger partial charge in [-0.1, -0.05) is 61.5 Å². The maximum atomic E-state index is 12.4. The SMILES string of the molecule is C[C@H](CNC(=O)CN1Cc2ccccc2C[C@@H]1C(N)=O)c1ccccc1. The first kappa shape index (κ1) is 18.1. The number of amides is 2. The van der Waals surface area contributed by atoms with Crippen LogP contribution in [0, 0.1) is 0 Å². The highest BCUT2D eigenvalue weighted by atomic mass is 16.2. The average Bonchev–Trinajstić information content (AvgIpc) is 2.66. The molecule has 0 aromatic heterocycles. The predicted molar refractivity (Wildman–Crippen MR) is 101 cm³/mol. The van der Waals surface area contributed by atoms with E-state index in [0.717, 1.165) is 11.1 Å². The first-order chi connectivity index (χ1) is 12.5. The largest absolute Gasteiger partial charge is 0.368 e. The van der Waals surface area contributed by atoms with Crippen molar-refractivity contribution in [3.8, 4) is 0 Å². The topological polar surface area (TPSA) is 75.4 Å². The van der Waals surface area contributed by atoms with Gasteiger partial charge in [-0.05, 0) is 29.0 Å². The summed E-state index contributed by atoms with van der Waals surface area (Å²) in [4.78, 5) is 26.1. The van der Waals surface area contributed by atoms with Gasteiger partial charge in [-0.3, -0.25) is 14.5 Å². The molecule has 0 aliphatic carbocycles. The molecule has 26 heavy (non-hydrogen) atoms. The van der Waals surface area contributed by atoms with E-state index in [1.165, 1.54) is 5.56 Å². The Balaban J connectivity index is 1.60. The van der Waals surface area contributed by atoms with E-state index in [1.54, 1.807) is 0 Å². The minimum absolute atomic E-state index is 0.0848. The van der Waals surface area contributed by atoms with Gasteiger partial charge in [-0.25, -0.2) is 0 Å². The minimum atomic E-state index is -0.442. The van der Waals surface area contributed by atoms with Crippen molar-refractivity contribution in [3.05, 3.63) is 71.3 Å². The summed E-state index contributed by atoms with van der Waals surface area (Å²) in [5.74, 6) is -0.238. The van der Waals surface area contributed by atoms with Crippen LogP contribution < -0.4 is 11.1 Å². The van der Waals surface area contributed by atoms with E-state index in [9.17, 15) is 9.59 Å². The highest BCUT2D eigenvalue weighted by molar-refractivity contribution is 5.83. The van der Waals surface area contributed by atoms with E-state index in [2.05, 4.69) is 24.4 Å². The number of carbonyl (C=O) groups is 2. The van der Waals surface area contributed by atoms with Crippen LogP contribution >= 0.6 is 0 Å². The van der Waals surface area contributed by atoms with Crippen LogP contribution in [0.2, 0.25) is 0 Å². The number of nitrogens with one attached hydrogen (secondary N) is 1. The third-order valence-electron chi connectivity index (χ3n) is 5.00. The van der Waals surface area contributed by atoms with E-state index >= 15 is 0 Å². The summed E-state index contributed by atoms with van der Waals surface area (Å²) in [5, 5.41) is 2.98. The lowest BCUT2D eigenvalue weighted by atomic mass is 9.93. The number of carbonyl (C=O) groups excluding carboxylic acids is 2. The second-order valence-electron chi connectivity index (χ2n) is 6.91. The van der Waals surface area contributed by atoms with Crippen molar-refractivity contribution in [2.45, 2.75) is 31.8 Å². The normalized spacial score (nSPS) is 18.0. The number of benzene rings is 2. The van der Waals surface area contributed by atoms with E-state index in [-0.39, 0.29) is 24.3 Å². The van der Waals surface area contributed by atoms with Crippen molar-refractivity contribution >= 4 is 11.8 Å². The number of fused-ring (bicyclic) bond motifs is 1. The Labute approximate surface area is 154 Å². The molecule has 3 N–H and O–H groups in total. The standard InChI is InChI=1S/C21H25N3O2/c1-15(16-7-3-2-4-8-16)12-23-20(25)14-24-13-18-10-6-5-9-17(18)11-19(24)21(22)26/h2-10,15,19H,11-14H2,1H3,(H2,22,26)(H,23,25)/t15-,19-/m1/s1. The molecule has 0 spiro atoms. The Morgan fingerprint density at radius 2 is 1.77 bits per heavy atom. The van der Waals surface area contributed by atoms with Gasteiger partial charge in [0.05, 0.1) is 12.6 Å². The van der Waals surface area contributed by atoms with Gasteiger partial charge in [0.1, 0.15) is 0 Å². The Morgan fingerprint density at radius 1 is 1.12 bits per heavy atom. The van der Waals surface area contributed by atoms with E-state index in [0.29, 0.717) is 19.5 Å². The Kier molecular flexibility index (Phi) is 5.68. The fourth-order valence-corrected chi connectivity index (χ4v) is 3.43. The van der Waals surface area contributed by atoms with Crippen LogP contribution in [0.4, 0.5) is 0 Å². The fraction of sp³-hybridized carbons (Fsp3) is 0.333. The number of hydrogen-bond acceptors (Lipinski definition) is 3. The van der Waals surface area contributed by atoms with Gasteiger partial charge >= 0.3 is 0 Å². The maximum absolute atomic E-state index is 12.4. The summed E-state index contributed by atoms with van der Waals surface area (Å²) in [5.41, 5.74) is 9.04. The molecule has 2 aromatic rings. The molecule has 1 heterocycles. The number of primary amides is 1. The van der Waals surface area contributed by atoms with Crippen molar-refractivity contribution in [2.75, 3.05) is 13.1 Å². The van der Waals surface area contributed by atoms with Gasteiger partial charge in [0, 0.05) is 13.1 Å². The monoisotopic (exact) mass is 351 g/mol. The molecule has 1 aliphatic heterocycles. The molecule has 0 fully saturated rings. The second kappa shape index (κ2) is 8.15. The minimum Gasteiger partial charge on any atom is -0.368 e. The molecule has 2 atom stereocenters. The van der Waals surface area contributed by atoms with Gasteiger partial charge in [-0.15, -0.1) is 0 Å². The van der Waals surface area contributed by atoms with Crippen LogP contribution in [0.3, 0.4) is 0 Å². The van der Waals surface area contributed by atoms with Crippen molar-refractivity contribution in [1.29, 1.82) is 0 Å². The quantitative estimate of drug-likeness (QED) is 0.833. The summed E-state index contributed by atoms with van der Waals surface area (Å²) < 4.78 is 0. The lowest BCUT2D eigenvalue weighted by Gasteiger charge is -2.34. The van der Waals surface area contributed by atoms with Crippen molar-refractivity contribution in [2.24, 2.45) is 5.73 Å². The van der Waals surface area contributed by atoms with E-state index < -0.39 is 6.04 Å². The van der Waals surface area contributed by atoms with Crippen molar-refractivity contribution in [1.82, 2.24) is 10.2 Å². The van der Waals surface area contributed by atoms with Gasteiger partial charge < -0.3 is 11.1 Å². The average molecular weight is 351 g/mol. The zero-order valence-electron chi connectivity index (χ0n) is 15.0.